The first kappa shape index (κ1) is 21.9. The SMILES string of the molecule is COc1ccc2cc(CN(C[C@H]3CCCO3)C(=O)c3sc4ccccc4c3Cl)c(=O)[nH]c2c1. The van der Waals surface area contributed by atoms with Crippen LogP contribution in [0.25, 0.3) is 21.0 Å². The predicted octanol–water partition coefficient (Wildman–Crippen LogP) is 5.23. The van der Waals surface area contributed by atoms with Crippen molar-refractivity contribution in [2.75, 3.05) is 20.3 Å². The number of thiophene rings is 1. The first-order chi connectivity index (χ1) is 16.0. The Morgan fingerprint density at radius 1 is 1.27 bits per heavy atom. The van der Waals surface area contributed by atoms with Gasteiger partial charge in [0.25, 0.3) is 11.5 Å². The van der Waals surface area contributed by atoms with Gasteiger partial charge in [-0.05, 0) is 42.5 Å². The van der Waals surface area contributed by atoms with Gasteiger partial charge in [-0.2, -0.15) is 0 Å². The van der Waals surface area contributed by atoms with Gasteiger partial charge in [0.15, 0.2) is 0 Å². The predicted molar refractivity (Wildman–Crippen MR) is 132 cm³/mol. The molecule has 8 heteroatoms. The molecule has 1 N–H and O–H groups in total. The van der Waals surface area contributed by atoms with E-state index in [0.717, 1.165) is 28.3 Å². The zero-order valence-electron chi connectivity index (χ0n) is 18.1. The molecule has 3 heterocycles. The van der Waals surface area contributed by atoms with E-state index >= 15 is 0 Å². The van der Waals surface area contributed by atoms with Gasteiger partial charge in [0.1, 0.15) is 10.6 Å². The third-order valence-electron chi connectivity index (χ3n) is 5.96. The number of hydrogen-bond donors (Lipinski definition) is 1. The summed E-state index contributed by atoms with van der Waals surface area (Å²) in [6.45, 7) is 1.26. The first-order valence-electron chi connectivity index (χ1n) is 10.8. The average molecular weight is 483 g/mol. The molecule has 0 spiro atoms. The van der Waals surface area contributed by atoms with Crippen LogP contribution in [-0.2, 0) is 11.3 Å². The maximum Gasteiger partial charge on any atom is 0.265 e. The van der Waals surface area contributed by atoms with Crippen molar-refractivity contribution in [2.24, 2.45) is 0 Å². The minimum atomic E-state index is -0.233. The second-order valence-corrected chi connectivity index (χ2v) is 9.57. The van der Waals surface area contributed by atoms with Crippen molar-refractivity contribution in [2.45, 2.75) is 25.5 Å². The highest BCUT2D eigenvalue weighted by molar-refractivity contribution is 7.21. The van der Waals surface area contributed by atoms with E-state index in [-0.39, 0.29) is 24.1 Å². The van der Waals surface area contributed by atoms with Gasteiger partial charge in [0.2, 0.25) is 0 Å². The maximum absolute atomic E-state index is 13.7. The van der Waals surface area contributed by atoms with Gasteiger partial charge >= 0.3 is 0 Å². The number of methoxy groups -OCH3 is 1. The zero-order valence-corrected chi connectivity index (χ0v) is 19.7. The van der Waals surface area contributed by atoms with Crippen molar-refractivity contribution in [1.29, 1.82) is 0 Å². The van der Waals surface area contributed by atoms with E-state index in [4.69, 9.17) is 21.1 Å². The Balaban J connectivity index is 1.51. The van der Waals surface area contributed by atoms with Gasteiger partial charge < -0.3 is 19.4 Å². The molecule has 1 amide bonds. The smallest absolute Gasteiger partial charge is 0.265 e. The van der Waals surface area contributed by atoms with E-state index in [1.54, 1.807) is 18.1 Å². The molecule has 1 fully saturated rings. The Hall–Kier alpha value is -2.87. The van der Waals surface area contributed by atoms with Crippen LogP contribution in [0.4, 0.5) is 0 Å². The number of carbonyl (C=O) groups excluding carboxylic acids is 1. The molecular formula is C25H23ClN2O4S. The number of aromatic nitrogens is 1. The van der Waals surface area contributed by atoms with Crippen LogP contribution in [0, 0.1) is 0 Å². The molecule has 0 aliphatic carbocycles. The molecule has 170 valence electrons. The van der Waals surface area contributed by atoms with E-state index in [1.807, 2.05) is 42.5 Å². The van der Waals surface area contributed by atoms with Crippen molar-refractivity contribution in [3.05, 3.63) is 74.3 Å². The van der Waals surface area contributed by atoms with E-state index in [1.165, 1.54) is 11.3 Å². The lowest BCUT2D eigenvalue weighted by molar-refractivity contribution is 0.0510. The van der Waals surface area contributed by atoms with Gasteiger partial charge in [-0.3, -0.25) is 9.59 Å². The molecule has 1 aliphatic rings. The molecule has 1 atom stereocenters. The van der Waals surface area contributed by atoms with E-state index in [9.17, 15) is 9.59 Å². The molecule has 33 heavy (non-hydrogen) atoms. The van der Waals surface area contributed by atoms with Crippen LogP contribution in [0.5, 0.6) is 5.75 Å². The number of carbonyl (C=O) groups is 1. The molecule has 0 unspecified atom stereocenters. The Morgan fingerprint density at radius 2 is 2.12 bits per heavy atom. The lowest BCUT2D eigenvalue weighted by atomic mass is 10.1. The number of fused-ring (bicyclic) bond motifs is 2. The standard InChI is InChI=1S/C25H23ClN2O4S/c1-31-17-9-8-15-11-16(24(29)27-20(15)12-17)13-28(14-18-5-4-10-32-18)25(30)23-22(26)19-6-2-3-7-21(19)33-23/h2-3,6-9,11-12,18H,4-5,10,13-14H2,1H3,(H,27,29)/t18-/m1/s1. The van der Waals surface area contributed by atoms with Crippen LogP contribution < -0.4 is 10.3 Å². The molecule has 0 radical (unpaired) electrons. The Labute approximate surface area is 199 Å². The van der Waals surface area contributed by atoms with Crippen molar-refractivity contribution in [3.8, 4) is 5.75 Å². The minimum absolute atomic E-state index is 0.0501. The Morgan fingerprint density at radius 3 is 2.88 bits per heavy atom. The number of aromatic amines is 1. The molecule has 5 rings (SSSR count). The summed E-state index contributed by atoms with van der Waals surface area (Å²) in [5.41, 5.74) is 0.965. The van der Waals surface area contributed by atoms with Gasteiger partial charge in [-0.15, -0.1) is 11.3 Å². The number of ether oxygens (including phenoxy) is 2. The summed E-state index contributed by atoms with van der Waals surface area (Å²) in [5, 5.41) is 2.19. The second kappa shape index (κ2) is 9.17. The van der Waals surface area contributed by atoms with E-state index < -0.39 is 0 Å². The topological polar surface area (TPSA) is 71.6 Å². The number of halogens is 1. The molecule has 1 aliphatic heterocycles. The Bertz CT molecular complexity index is 1390. The summed E-state index contributed by atoms with van der Waals surface area (Å²) in [5.74, 6) is 0.478. The van der Waals surface area contributed by atoms with Crippen LogP contribution in [-0.4, -0.2) is 42.2 Å². The minimum Gasteiger partial charge on any atom is -0.497 e. The highest BCUT2D eigenvalue weighted by Gasteiger charge is 2.27. The molecule has 2 aromatic heterocycles. The van der Waals surface area contributed by atoms with Gasteiger partial charge in [0, 0.05) is 34.9 Å². The van der Waals surface area contributed by atoms with Gasteiger partial charge in [-0.1, -0.05) is 29.8 Å². The fourth-order valence-corrected chi connectivity index (χ4v) is 5.70. The fraction of sp³-hybridized carbons (Fsp3) is 0.280. The first-order valence-corrected chi connectivity index (χ1v) is 12.0. The number of nitrogens with one attached hydrogen (secondary N) is 1. The summed E-state index contributed by atoms with van der Waals surface area (Å²) >= 11 is 7.98. The number of pyridine rings is 1. The Kier molecular flexibility index (Phi) is 6.10. The third-order valence-corrected chi connectivity index (χ3v) is 7.62. The van der Waals surface area contributed by atoms with Crippen LogP contribution in [0.3, 0.4) is 0 Å². The molecule has 4 aromatic rings. The molecule has 6 nitrogen and oxygen atoms in total. The lowest BCUT2D eigenvalue weighted by Gasteiger charge is -2.25. The monoisotopic (exact) mass is 482 g/mol. The quantitative estimate of drug-likeness (QED) is 0.408. The summed E-state index contributed by atoms with van der Waals surface area (Å²) in [6, 6.07) is 15.1. The van der Waals surface area contributed by atoms with Crippen LogP contribution in [0.15, 0.2) is 53.3 Å². The van der Waals surface area contributed by atoms with Crippen LogP contribution in [0.1, 0.15) is 28.1 Å². The van der Waals surface area contributed by atoms with E-state index in [2.05, 4.69) is 4.98 Å². The van der Waals surface area contributed by atoms with Crippen molar-refractivity contribution in [3.63, 3.8) is 0 Å². The number of benzene rings is 2. The molecule has 0 saturated carbocycles. The fourth-order valence-electron chi connectivity index (χ4n) is 4.22. The normalized spacial score (nSPS) is 15.9. The number of hydrogen-bond acceptors (Lipinski definition) is 5. The van der Waals surface area contributed by atoms with Crippen molar-refractivity contribution >= 4 is 49.8 Å². The van der Waals surface area contributed by atoms with Crippen molar-refractivity contribution < 1.29 is 14.3 Å². The summed E-state index contributed by atoms with van der Waals surface area (Å²) in [6.07, 6.45) is 1.80. The highest BCUT2D eigenvalue weighted by atomic mass is 35.5. The third kappa shape index (κ3) is 4.36. The summed E-state index contributed by atoms with van der Waals surface area (Å²) in [4.78, 5) is 31.6. The summed E-state index contributed by atoms with van der Waals surface area (Å²) in [7, 11) is 1.58. The maximum atomic E-state index is 13.7. The highest BCUT2D eigenvalue weighted by Crippen LogP contribution is 2.36. The second-order valence-electron chi connectivity index (χ2n) is 8.14. The summed E-state index contributed by atoms with van der Waals surface area (Å²) < 4.78 is 12.0. The van der Waals surface area contributed by atoms with Crippen LogP contribution in [0.2, 0.25) is 5.02 Å². The molecule has 2 aromatic carbocycles. The van der Waals surface area contributed by atoms with E-state index in [0.29, 0.717) is 39.9 Å². The van der Waals surface area contributed by atoms with Crippen molar-refractivity contribution in [1.82, 2.24) is 9.88 Å². The molecule has 1 saturated heterocycles. The average Bonchev–Trinajstić information content (AvgIpc) is 3.46. The number of rotatable bonds is 6. The number of H-pyrrole nitrogens is 1. The lowest BCUT2D eigenvalue weighted by Crippen LogP contribution is -2.38. The van der Waals surface area contributed by atoms with Gasteiger partial charge in [0.05, 0.1) is 30.3 Å². The van der Waals surface area contributed by atoms with Gasteiger partial charge in [-0.25, -0.2) is 0 Å². The van der Waals surface area contributed by atoms with Crippen LogP contribution >= 0.6 is 22.9 Å². The number of nitrogens with zero attached hydrogens (tertiary/aromatic N) is 1. The molecular weight excluding hydrogens is 460 g/mol. The largest absolute Gasteiger partial charge is 0.497 e. The number of amides is 1. The zero-order chi connectivity index (χ0) is 22.9. The molecule has 0 bridgehead atoms.